The Bertz CT molecular complexity index is 578. The van der Waals surface area contributed by atoms with Crippen LogP contribution in [-0.4, -0.2) is 9.55 Å². The van der Waals surface area contributed by atoms with Crippen LogP contribution in [0.4, 0.5) is 0 Å². The van der Waals surface area contributed by atoms with Crippen molar-refractivity contribution in [2.24, 2.45) is 0 Å². The van der Waals surface area contributed by atoms with Gasteiger partial charge in [-0.1, -0.05) is 30.3 Å². The van der Waals surface area contributed by atoms with Gasteiger partial charge in [0.05, 0.1) is 3.57 Å². The lowest BCUT2D eigenvalue weighted by Crippen LogP contribution is -2.25. The Labute approximate surface area is 120 Å². The van der Waals surface area contributed by atoms with Crippen LogP contribution in [0, 0.1) is 10.5 Å². The molecule has 94 valence electrons. The summed E-state index contributed by atoms with van der Waals surface area (Å²) >= 11 is 2.03. The molecule has 4 heteroatoms. The number of aromatic nitrogens is 2. The van der Waals surface area contributed by atoms with Gasteiger partial charge < -0.3 is 0 Å². The summed E-state index contributed by atoms with van der Waals surface area (Å²) in [7, 11) is 0. The number of hydrogen-bond donors (Lipinski definition) is 0. The van der Waals surface area contributed by atoms with Crippen molar-refractivity contribution in [1.29, 1.82) is 0 Å². The van der Waals surface area contributed by atoms with E-state index in [1.165, 1.54) is 5.56 Å². The number of benzene rings is 1. The molecule has 0 saturated heterocycles. The average Bonchev–Trinajstić information content (AvgIpc) is 2.39. The average molecular weight is 354 g/mol. The summed E-state index contributed by atoms with van der Waals surface area (Å²) < 4.78 is 2.43. The van der Waals surface area contributed by atoms with E-state index in [0.29, 0.717) is 3.57 Å². The molecular weight excluding hydrogens is 339 g/mol. The van der Waals surface area contributed by atoms with Gasteiger partial charge >= 0.3 is 0 Å². The fourth-order valence-corrected chi connectivity index (χ4v) is 2.33. The summed E-state index contributed by atoms with van der Waals surface area (Å²) in [6, 6.07) is 10.3. The zero-order valence-corrected chi connectivity index (χ0v) is 12.4. The molecule has 2 aromatic rings. The second kappa shape index (κ2) is 6.13. The lowest BCUT2D eigenvalue weighted by Gasteiger charge is -2.09. The molecule has 0 N–H and O–H groups in total. The van der Waals surface area contributed by atoms with Gasteiger partial charge in [-0.05, 0) is 47.9 Å². The van der Waals surface area contributed by atoms with Crippen molar-refractivity contribution < 1.29 is 0 Å². The lowest BCUT2D eigenvalue weighted by atomic mass is 10.1. The fraction of sp³-hybridized carbons (Fsp3) is 0.286. The molecule has 0 saturated carbocycles. The molecule has 0 aliphatic rings. The molecule has 18 heavy (non-hydrogen) atoms. The van der Waals surface area contributed by atoms with Gasteiger partial charge in [0.25, 0.3) is 5.56 Å². The highest BCUT2D eigenvalue weighted by atomic mass is 127. The van der Waals surface area contributed by atoms with E-state index in [1.807, 2.05) is 47.7 Å². The number of halogens is 1. The molecular formula is C14H15IN2O. The van der Waals surface area contributed by atoms with Crippen LogP contribution in [0.5, 0.6) is 0 Å². The molecule has 0 atom stereocenters. The van der Waals surface area contributed by atoms with Crippen molar-refractivity contribution in [1.82, 2.24) is 9.55 Å². The van der Waals surface area contributed by atoms with E-state index in [2.05, 4.69) is 17.1 Å². The van der Waals surface area contributed by atoms with Crippen molar-refractivity contribution in [2.75, 3.05) is 0 Å². The summed E-state index contributed by atoms with van der Waals surface area (Å²) in [5.74, 6) is 0.786. The van der Waals surface area contributed by atoms with Gasteiger partial charge in [-0.3, -0.25) is 9.36 Å². The van der Waals surface area contributed by atoms with E-state index in [-0.39, 0.29) is 5.56 Å². The van der Waals surface area contributed by atoms with Gasteiger partial charge in [-0.25, -0.2) is 4.98 Å². The summed E-state index contributed by atoms with van der Waals surface area (Å²) in [6.07, 6.45) is 3.57. The van der Waals surface area contributed by atoms with Gasteiger partial charge in [0.2, 0.25) is 0 Å². The summed E-state index contributed by atoms with van der Waals surface area (Å²) in [6.45, 7) is 2.60. The Hall–Kier alpha value is -1.17. The highest BCUT2D eigenvalue weighted by molar-refractivity contribution is 14.1. The molecule has 2 rings (SSSR count). The highest BCUT2D eigenvalue weighted by Crippen LogP contribution is 2.04. The Morgan fingerprint density at radius 2 is 2.00 bits per heavy atom. The Morgan fingerprint density at radius 1 is 1.28 bits per heavy atom. The van der Waals surface area contributed by atoms with Crippen LogP contribution >= 0.6 is 22.6 Å². The van der Waals surface area contributed by atoms with Crippen molar-refractivity contribution >= 4 is 22.6 Å². The third-order valence-corrected chi connectivity index (χ3v) is 3.63. The van der Waals surface area contributed by atoms with Gasteiger partial charge in [0, 0.05) is 12.7 Å². The van der Waals surface area contributed by atoms with E-state index >= 15 is 0 Å². The smallest absolute Gasteiger partial charge is 0.266 e. The molecule has 0 bridgehead atoms. The van der Waals surface area contributed by atoms with Gasteiger partial charge in [0.1, 0.15) is 5.82 Å². The molecule has 0 aliphatic heterocycles. The van der Waals surface area contributed by atoms with Crippen molar-refractivity contribution in [2.45, 2.75) is 26.3 Å². The van der Waals surface area contributed by atoms with Crippen LogP contribution in [0.2, 0.25) is 0 Å². The lowest BCUT2D eigenvalue weighted by molar-refractivity contribution is 0.589. The molecule has 0 amide bonds. The quantitative estimate of drug-likeness (QED) is 0.792. The third kappa shape index (κ3) is 3.19. The maximum absolute atomic E-state index is 11.9. The predicted molar refractivity (Wildman–Crippen MR) is 80.7 cm³/mol. The maximum Gasteiger partial charge on any atom is 0.266 e. The van der Waals surface area contributed by atoms with Crippen LogP contribution in [0.15, 0.2) is 41.3 Å². The molecule has 0 radical (unpaired) electrons. The minimum absolute atomic E-state index is 0.0659. The highest BCUT2D eigenvalue weighted by Gasteiger charge is 2.04. The first kappa shape index (κ1) is 13.3. The molecule has 1 aromatic heterocycles. The maximum atomic E-state index is 11.9. The Balaban J connectivity index is 2.03. The van der Waals surface area contributed by atoms with Gasteiger partial charge in [-0.2, -0.15) is 0 Å². The fourth-order valence-electron chi connectivity index (χ4n) is 1.90. The number of rotatable bonds is 4. The SMILES string of the molecule is Cc1ncc(I)c(=O)n1CCCc1ccccc1. The molecule has 0 aliphatic carbocycles. The zero-order chi connectivity index (χ0) is 13.0. The standard InChI is InChI=1S/C14H15IN2O/c1-11-16-10-13(15)14(18)17(11)9-5-8-12-6-3-2-4-7-12/h2-4,6-7,10H,5,8-9H2,1H3. The summed E-state index contributed by atoms with van der Waals surface area (Å²) in [4.78, 5) is 16.2. The molecule has 0 unspecified atom stereocenters. The van der Waals surface area contributed by atoms with E-state index in [0.717, 1.165) is 25.2 Å². The van der Waals surface area contributed by atoms with E-state index in [4.69, 9.17) is 0 Å². The van der Waals surface area contributed by atoms with Gasteiger partial charge in [0.15, 0.2) is 0 Å². The number of nitrogens with zero attached hydrogens (tertiary/aromatic N) is 2. The largest absolute Gasteiger partial charge is 0.296 e. The van der Waals surface area contributed by atoms with Crippen molar-refractivity contribution in [3.8, 4) is 0 Å². The van der Waals surface area contributed by atoms with Crippen LogP contribution in [0.1, 0.15) is 17.8 Å². The molecule has 1 heterocycles. The van der Waals surface area contributed by atoms with E-state index < -0.39 is 0 Å². The molecule has 3 nitrogen and oxygen atoms in total. The van der Waals surface area contributed by atoms with Gasteiger partial charge in [-0.15, -0.1) is 0 Å². The minimum atomic E-state index is 0.0659. The normalized spacial score (nSPS) is 10.6. The second-order valence-corrected chi connectivity index (χ2v) is 5.36. The van der Waals surface area contributed by atoms with Crippen molar-refractivity contribution in [3.05, 3.63) is 61.8 Å². The third-order valence-electron chi connectivity index (χ3n) is 2.89. The van der Waals surface area contributed by atoms with Crippen LogP contribution in [0.3, 0.4) is 0 Å². The Kier molecular flexibility index (Phi) is 4.52. The van der Waals surface area contributed by atoms with E-state index in [9.17, 15) is 4.79 Å². The topological polar surface area (TPSA) is 34.9 Å². The first-order valence-electron chi connectivity index (χ1n) is 5.94. The first-order valence-corrected chi connectivity index (χ1v) is 7.02. The number of hydrogen-bond acceptors (Lipinski definition) is 2. The molecule has 0 spiro atoms. The van der Waals surface area contributed by atoms with Crippen LogP contribution in [0.25, 0.3) is 0 Å². The monoisotopic (exact) mass is 354 g/mol. The van der Waals surface area contributed by atoms with Crippen LogP contribution in [-0.2, 0) is 13.0 Å². The van der Waals surface area contributed by atoms with Crippen molar-refractivity contribution in [3.63, 3.8) is 0 Å². The number of aryl methyl sites for hydroxylation is 2. The summed E-state index contributed by atoms with van der Waals surface area (Å²) in [5.41, 5.74) is 1.37. The summed E-state index contributed by atoms with van der Waals surface area (Å²) in [5, 5.41) is 0. The minimum Gasteiger partial charge on any atom is -0.296 e. The second-order valence-electron chi connectivity index (χ2n) is 4.20. The Morgan fingerprint density at radius 3 is 2.72 bits per heavy atom. The molecule has 1 aromatic carbocycles. The molecule has 0 fully saturated rings. The zero-order valence-electron chi connectivity index (χ0n) is 10.3. The predicted octanol–water partition coefficient (Wildman–Crippen LogP) is 2.79. The first-order chi connectivity index (χ1) is 8.68. The van der Waals surface area contributed by atoms with E-state index in [1.54, 1.807) is 10.8 Å². The van der Waals surface area contributed by atoms with Crippen LogP contribution < -0.4 is 5.56 Å².